The van der Waals surface area contributed by atoms with Crippen LogP contribution >= 0.6 is 23.5 Å². The first-order chi connectivity index (χ1) is 14.0. The molecule has 4 rings (SSSR count). The number of hydrogen-bond acceptors (Lipinski definition) is 6. The van der Waals surface area contributed by atoms with Crippen molar-refractivity contribution in [2.75, 3.05) is 24.3 Å². The van der Waals surface area contributed by atoms with Crippen LogP contribution in [0.15, 0.2) is 104 Å². The van der Waals surface area contributed by atoms with E-state index < -0.39 is 0 Å². The van der Waals surface area contributed by atoms with Crippen molar-refractivity contribution in [3.05, 3.63) is 94.1 Å². The third-order valence-electron chi connectivity index (χ3n) is 4.74. The van der Waals surface area contributed by atoms with Crippen LogP contribution in [-0.4, -0.2) is 25.0 Å². The summed E-state index contributed by atoms with van der Waals surface area (Å²) in [5, 5.41) is 14.5. The molecule has 2 N–H and O–H groups in total. The second kappa shape index (κ2) is 7.89. The maximum absolute atomic E-state index is 12.6. The summed E-state index contributed by atoms with van der Waals surface area (Å²) in [6.45, 7) is 4.03. The SMILES string of the molecule is C=C(/C=C1/C(=O)C(/C=C2\Sc3ccccc3N2C)=C1O)Sc1ccccc1NC. The molecule has 0 saturated heterocycles. The largest absolute Gasteiger partial charge is 0.506 e. The van der Waals surface area contributed by atoms with Crippen molar-refractivity contribution in [1.82, 2.24) is 0 Å². The van der Waals surface area contributed by atoms with Gasteiger partial charge in [-0.1, -0.05) is 54.4 Å². The van der Waals surface area contributed by atoms with E-state index in [4.69, 9.17) is 0 Å². The number of Topliss-reactive ketones (excluding diaryl/α,β-unsaturated/α-hetero) is 1. The minimum absolute atomic E-state index is 0.0242. The molecule has 4 nitrogen and oxygen atoms in total. The van der Waals surface area contributed by atoms with E-state index in [1.165, 1.54) is 11.8 Å². The van der Waals surface area contributed by atoms with Gasteiger partial charge in [0.05, 0.1) is 21.9 Å². The number of carbonyl (C=O) groups is 1. The van der Waals surface area contributed by atoms with Gasteiger partial charge in [-0.3, -0.25) is 4.79 Å². The summed E-state index contributed by atoms with van der Waals surface area (Å²) in [6.07, 6.45) is 3.41. The van der Waals surface area contributed by atoms with Gasteiger partial charge < -0.3 is 15.3 Å². The number of thioether (sulfide) groups is 2. The van der Waals surface area contributed by atoms with Crippen LogP contribution in [0, 0.1) is 0 Å². The van der Waals surface area contributed by atoms with E-state index in [9.17, 15) is 9.90 Å². The minimum atomic E-state index is -0.163. The zero-order valence-electron chi connectivity index (χ0n) is 16.1. The first kappa shape index (κ1) is 19.5. The number of para-hydroxylation sites is 2. The second-order valence-corrected chi connectivity index (χ2v) is 8.81. The molecule has 0 saturated carbocycles. The Balaban J connectivity index is 1.53. The predicted octanol–water partition coefficient (Wildman–Crippen LogP) is 5.74. The van der Waals surface area contributed by atoms with Crippen LogP contribution in [-0.2, 0) is 4.79 Å². The Bertz CT molecular complexity index is 1120. The van der Waals surface area contributed by atoms with Gasteiger partial charge >= 0.3 is 0 Å². The number of hydrogen-bond donors (Lipinski definition) is 2. The Morgan fingerprint density at radius 3 is 2.66 bits per heavy atom. The molecule has 0 aromatic heterocycles. The summed E-state index contributed by atoms with van der Waals surface area (Å²) in [6, 6.07) is 15.9. The zero-order valence-corrected chi connectivity index (χ0v) is 17.7. The number of aliphatic hydroxyl groups excluding tert-OH is 1. The van der Waals surface area contributed by atoms with Crippen LogP contribution in [0.4, 0.5) is 11.4 Å². The molecule has 0 unspecified atom stereocenters. The molecule has 0 radical (unpaired) electrons. The molecule has 1 aliphatic heterocycles. The number of benzene rings is 2. The van der Waals surface area contributed by atoms with Gasteiger partial charge in [0.15, 0.2) is 0 Å². The lowest BCUT2D eigenvalue weighted by Gasteiger charge is -2.21. The van der Waals surface area contributed by atoms with E-state index in [0.717, 1.165) is 26.2 Å². The van der Waals surface area contributed by atoms with Gasteiger partial charge in [-0.25, -0.2) is 0 Å². The molecule has 2 aromatic rings. The standard InChI is InChI=1S/C23H20N2O2S2/c1-14(28-19-10-6-4-8-17(19)24-2)12-15-22(26)16(23(15)27)13-21-25(3)18-9-5-7-11-20(18)29-21/h4-13,24,26H,1H2,2-3H3/b15-12+,21-13-. The van der Waals surface area contributed by atoms with E-state index >= 15 is 0 Å². The Morgan fingerprint density at radius 2 is 1.93 bits per heavy atom. The van der Waals surface area contributed by atoms with Crippen molar-refractivity contribution in [2.24, 2.45) is 0 Å². The summed E-state index contributed by atoms with van der Waals surface area (Å²) < 4.78 is 0. The van der Waals surface area contributed by atoms with Gasteiger partial charge in [0, 0.05) is 34.5 Å². The quantitative estimate of drug-likeness (QED) is 0.475. The normalized spacial score (nSPS) is 18.3. The van der Waals surface area contributed by atoms with Crippen molar-refractivity contribution in [2.45, 2.75) is 9.79 Å². The van der Waals surface area contributed by atoms with Crippen LogP contribution in [0.1, 0.15) is 0 Å². The lowest BCUT2D eigenvalue weighted by Crippen LogP contribution is -2.22. The average Bonchev–Trinajstić information content (AvgIpc) is 3.06. The summed E-state index contributed by atoms with van der Waals surface area (Å²) in [5.74, 6) is -0.139. The molecule has 0 amide bonds. The van der Waals surface area contributed by atoms with Crippen molar-refractivity contribution in [3.63, 3.8) is 0 Å². The van der Waals surface area contributed by atoms with E-state index in [0.29, 0.717) is 16.1 Å². The molecule has 1 heterocycles. The van der Waals surface area contributed by atoms with Crippen LogP contribution < -0.4 is 10.2 Å². The molecule has 6 heteroatoms. The van der Waals surface area contributed by atoms with Crippen molar-refractivity contribution in [1.29, 1.82) is 0 Å². The van der Waals surface area contributed by atoms with Gasteiger partial charge in [0.1, 0.15) is 5.76 Å². The van der Waals surface area contributed by atoms with Crippen molar-refractivity contribution >= 4 is 40.7 Å². The highest BCUT2D eigenvalue weighted by Crippen LogP contribution is 2.46. The molecule has 146 valence electrons. The number of nitrogens with one attached hydrogen (secondary N) is 1. The third-order valence-corrected chi connectivity index (χ3v) is 6.86. The van der Waals surface area contributed by atoms with Gasteiger partial charge in [0.25, 0.3) is 0 Å². The fourth-order valence-electron chi connectivity index (χ4n) is 3.17. The summed E-state index contributed by atoms with van der Waals surface area (Å²) in [5.41, 5.74) is 2.73. The fourth-order valence-corrected chi connectivity index (χ4v) is 5.15. The molecule has 1 aliphatic carbocycles. The molecule has 0 atom stereocenters. The number of anilines is 2. The fraction of sp³-hybridized carbons (Fsp3) is 0.0870. The van der Waals surface area contributed by atoms with Gasteiger partial charge in [-0.2, -0.15) is 0 Å². The number of fused-ring (bicyclic) bond motifs is 1. The van der Waals surface area contributed by atoms with Gasteiger partial charge in [0.2, 0.25) is 5.78 Å². The lowest BCUT2D eigenvalue weighted by atomic mass is 9.88. The number of ketones is 1. The van der Waals surface area contributed by atoms with Crippen molar-refractivity contribution < 1.29 is 9.90 Å². The van der Waals surface area contributed by atoms with Crippen LogP contribution in [0.25, 0.3) is 0 Å². The summed E-state index contributed by atoms with van der Waals surface area (Å²) in [7, 11) is 3.82. The Morgan fingerprint density at radius 1 is 1.21 bits per heavy atom. The smallest absolute Gasteiger partial charge is 0.200 e. The van der Waals surface area contributed by atoms with E-state index in [-0.39, 0.29) is 11.5 Å². The molecule has 2 aliphatic rings. The Hall–Kier alpha value is -2.83. The summed E-state index contributed by atoms with van der Waals surface area (Å²) >= 11 is 3.04. The molecule has 2 aromatic carbocycles. The van der Waals surface area contributed by atoms with Crippen LogP contribution in [0.3, 0.4) is 0 Å². The van der Waals surface area contributed by atoms with Gasteiger partial charge in [-0.15, -0.1) is 0 Å². The van der Waals surface area contributed by atoms with Crippen LogP contribution in [0.5, 0.6) is 0 Å². The van der Waals surface area contributed by atoms with E-state index in [2.05, 4.69) is 11.9 Å². The van der Waals surface area contributed by atoms with E-state index in [1.807, 2.05) is 67.5 Å². The zero-order chi connectivity index (χ0) is 20.5. The van der Waals surface area contributed by atoms with Gasteiger partial charge in [-0.05, 0) is 36.4 Å². The molecule has 0 fully saturated rings. The molecule has 0 bridgehead atoms. The first-order valence-electron chi connectivity index (χ1n) is 9.05. The Labute approximate surface area is 178 Å². The number of allylic oxidation sites excluding steroid dienone is 4. The first-order valence-corrected chi connectivity index (χ1v) is 10.7. The third kappa shape index (κ3) is 3.61. The second-order valence-electron chi connectivity index (χ2n) is 6.58. The molecular weight excluding hydrogens is 400 g/mol. The molecular formula is C23H20N2O2S2. The number of carbonyl (C=O) groups excluding carboxylic acids is 1. The molecule has 0 spiro atoms. The highest BCUT2D eigenvalue weighted by Gasteiger charge is 2.34. The van der Waals surface area contributed by atoms with E-state index in [1.54, 1.807) is 23.9 Å². The lowest BCUT2D eigenvalue weighted by molar-refractivity contribution is -0.113. The van der Waals surface area contributed by atoms with Crippen LogP contribution in [0.2, 0.25) is 0 Å². The number of aliphatic hydroxyl groups is 1. The minimum Gasteiger partial charge on any atom is -0.506 e. The monoisotopic (exact) mass is 420 g/mol. The topological polar surface area (TPSA) is 52.6 Å². The predicted molar refractivity (Wildman–Crippen MR) is 123 cm³/mol. The maximum atomic E-state index is 12.6. The van der Waals surface area contributed by atoms with Crippen molar-refractivity contribution in [3.8, 4) is 0 Å². The maximum Gasteiger partial charge on any atom is 0.200 e. The Kier molecular flexibility index (Phi) is 5.30. The highest BCUT2D eigenvalue weighted by molar-refractivity contribution is 8.03. The summed E-state index contributed by atoms with van der Waals surface area (Å²) in [4.78, 5) is 17.5. The average molecular weight is 421 g/mol. The number of nitrogens with zero attached hydrogens (tertiary/aromatic N) is 1. The highest BCUT2D eigenvalue weighted by atomic mass is 32.2. The molecule has 29 heavy (non-hydrogen) atoms. The number of rotatable bonds is 5.